The third-order valence-corrected chi connectivity index (χ3v) is 7.28. The van der Waals surface area contributed by atoms with E-state index in [0.29, 0.717) is 41.8 Å². The molecule has 1 aliphatic rings. The number of hydrogen-bond donors (Lipinski definition) is 0. The number of benzene rings is 2. The Morgan fingerprint density at radius 1 is 0.880 bits per heavy atom. The molecule has 2 aromatic carbocycles. The van der Waals surface area contributed by atoms with Crippen LogP contribution in [0.2, 0.25) is 15.1 Å². The van der Waals surface area contributed by atoms with Crippen molar-refractivity contribution in [1.29, 1.82) is 0 Å². The number of rotatable bonds is 3. The minimum Gasteiger partial charge on any atom is -0.369 e. The van der Waals surface area contributed by atoms with Crippen LogP contribution in [0.3, 0.4) is 0 Å². The van der Waals surface area contributed by atoms with Gasteiger partial charge in [0.1, 0.15) is 0 Å². The number of nitrogens with zero attached hydrogens (tertiary/aromatic N) is 2. The molecule has 1 saturated heterocycles. The lowest BCUT2D eigenvalue weighted by molar-refractivity contribution is 0.384. The number of hydrogen-bond acceptors (Lipinski definition) is 3. The van der Waals surface area contributed by atoms with Crippen LogP contribution in [0.4, 0.5) is 5.69 Å². The topological polar surface area (TPSA) is 40.6 Å². The van der Waals surface area contributed by atoms with E-state index in [-0.39, 0.29) is 9.92 Å². The van der Waals surface area contributed by atoms with Crippen LogP contribution < -0.4 is 4.90 Å². The van der Waals surface area contributed by atoms with Gasteiger partial charge in [-0.3, -0.25) is 0 Å². The zero-order valence-electron chi connectivity index (χ0n) is 13.5. The second-order valence-electron chi connectivity index (χ2n) is 5.90. The second-order valence-corrected chi connectivity index (χ2v) is 9.06. The Morgan fingerprint density at radius 3 is 2.04 bits per heavy atom. The van der Waals surface area contributed by atoms with Crippen molar-refractivity contribution < 1.29 is 8.42 Å². The molecule has 1 heterocycles. The average molecular weight is 420 g/mol. The maximum absolute atomic E-state index is 12.9. The van der Waals surface area contributed by atoms with E-state index in [0.717, 1.165) is 5.69 Å². The standard InChI is InChI=1S/C17H17Cl3N2O2S/c1-12-10-15(19)16(20)11-17(12)25(23,24)22-8-6-21(7-9-22)14-4-2-13(18)3-5-14/h2-5,10-11H,6-9H2,1H3. The predicted octanol–water partition coefficient (Wildman–Crippen LogP) is 4.47. The summed E-state index contributed by atoms with van der Waals surface area (Å²) in [5, 5.41) is 1.27. The first-order valence-corrected chi connectivity index (χ1v) is 10.3. The van der Waals surface area contributed by atoms with Crippen LogP contribution in [-0.2, 0) is 10.0 Å². The van der Waals surface area contributed by atoms with E-state index >= 15 is 0 Å². The van der Waals surface area contributed by atoms with Gasteiger partial charge in [-0.15, -0.1) is 0 Å². The van der Waals surface area contributed by atoms with Gasteiger partial charge >= 0.3 is 0 Å². The van der Waals surface area contributed by atoms with Gasteiger partial charge in [0.05, 0.1) is 14.9 Å². The molecule has 25 heavy (non-hydrogen) atoms. The van der Waals surface area contributed by atoms with Crippen LogP contribution >= 0.6 is 34.8 Å². The molecule has 0 radical (unpaired) electrons. The lowest BCUT2D eigenvalue weighted by atomic mass is 10.2. The smallest absolute Gasteiger partial charge is 0.243 e. The van der Waals surface area contributed by atoms with E-state index in [1.807, 2.05) is 24.3 Å². The van der Waals surface area contributed by atoms with E-state index in [2.05, 4.69) is 4.90 Å². The molecule has 134 valence electrons. The fourth-order valence-corrected chi connectivity index (χ4v) is 5.11. The highest BCUT2D eigenvalue weighted by molar-refractivity contribution is 7.89. The quantitative estimate of drug-likeness (QED) is 0.737. The fourth-order valence-electron chi connectivity index (χ4n) is 2.88. The summed E-state index contributed by atoms with van der Waals surface area (Å²) in [7, 11) is -3.60. The van der Waals surface area contributed by atoms with Gasteiger partial charge in [-0.1, -0.05) is 34.8 Å². The van der Waals surface area contributed by atoms with Gasteiger partial charge in [-0.05, 0) is 48.9 Å². The molecule has 4 nitrogen and oxygen atoms in total. The minimum absolute atomic E-state index is 0.210. The molecule has 1 fully saturated rings. The summed E-state index contributed by atoms with van der Waals surface area (Å²) < 4.78 is 27.4. The largest absolute Gasteiger partial charge is 0.369 e. The number of aryl methyl sites for hydroxylation is 1. The summed E-state index contributed by atoms with van der Waals surface area (Å²) >= 11 is 17.9. The molecule has 8 heteroatoms. The molecule has 0 atom stereocenters. The predicted molar refractivity (Wildman–Crippen MR) is 104 cm³/mol. The van der Waals surface area contributed by atoms with Gasteiger partial charge in [0.2, 0.25) is 10.0 Å². The number of anilines is 1. The first-order valence-electron chi connectivity index (χ1n) is 7.75. The van der Waals surface area contributed by atoms with Crippen molar-refractivity contribution >= 4 is 50.5 Å². The van der Waals surface area contributed by atoms with Gasteiger partial charge in [0, 0.05) is 36.9 Å². The summed E-state index contributed by atoms with van der Waals surface area (Å²) in [6.45, 7) is 3.76. The third-order valence-electron chi connectivity index (χ3n) is 4.27. The Kier molecular flexibility index (Phi) is 5.51. The highest BCUT2D eigenvalue weighted by atomic mass is 35.5. The van der Waals surface area contributed by atoms with E-state index in [1.54, 1.807) is 13.0 Å². The van der Waals surface area contributed by atoms with Crippen LogP contribution in [0.5, 0.6) is 0 Å². The summed E-state index contributed by atoms with van der Waals surface area (Å²) in [4.78, 5) is 2.35. The lowest BCUT2D eigenvalue weighted by Crippen LogP contribution is -2.48. The van der Waals surface area contributed by atoms with Crippen molar-refractivity contribution in [3.05, 3.63) is 57.0 Å². The van der Waals surface area contributed by atoms with Crippen molar-refractivity contribution in [3.8, 4) is 0 Å². The molecule has 1 aliphatic heterocycles. The van der Waals surface area contributed by atoms with Gasteiger partial charge in [-0.25, -0.2) is 8.42 Å². The first-order chi connectivity index (χ1) is 11.8. The fraction of sp³-hybridized carbons (Fsp3) is 0.294. The van der Waals surface area contributed by atoms with Gasteiger partial charge in [0.15, 0.2) is 0 Å². The highest BCUT2D eigenvalue weighted by Crippen LogP contribution is 2.30. The van der Waals surface area contributed by atoms with Crippen molar-refractivity contribution in [2.24, 2.45) is 0 Å². The summed E-state index contributed by atoms with van der Waals surface area (Å²) in [6.07, 6.45) is 0. The third kappa shape index (κ3) is 3.91. The van der Waals surface area contributed by atoms with Crippen LogP contribution in [0, 0.1) is 6.92 Å². The second kappa shape index (κ2) is 7.33. The van der Waals surface area contributed by atoms with E-state index in [4.69, 9.17) is 34.8 Å². The molecular formula is C17H17Cl3N2O2S. The number of halogens is 3. The molecule has 0 saturated carbocycles. The Balaban J connectivity index is 1.78. The van der Waals surface area contributed by atoms with Crippen molar-refractivity contribution in [2.45, 2.75) is 11.8 Å². The van der Waals surface area contributed by atoms with Crippen molar-refractivity contribution in [3.63, 3.8) is 0 Å². The SMILES string of the molecule is Cc1cc(Cl)c(Cl)cc1S(=O)(=O)N1CCN(c2ccc(Cl)cc2)CC1. The van der Waals surface area contributed by atoms with Crippen molar-refractivity contribution in [2.75, 3.05) is 31.1 Å². The van der Waals surface area contributed by atoms with Crippen LogP contribution in [0.25, 0.3) is 0 Å². The molecule has 0 spiro atoms. The highest BCUT2D eigenvalue weighted by Gasteiger charge is 2.30. The zero-order valence-corrected chi connectivity index (χ0v) is 16.6. The molecule has 0 unspecified atom stereocenters. The van der Waals surface area contributed by atoms with E-state index < -0.39 is 10.0 Å². The van der Waals surface area contributed by atoms with Gasteiger partial charge < -0.3 is 4.90 Å². The summed E-state index contributed by atoms with van der Waals surface area (Å²) in [5.41, 5.74) is 1.63. The average Bonchev–Trinajstić information content (AvgIpc) is 2.59. The Labute approximate surface area is 162 Å². The first kappa shape index (κ1) is 18.8. The maximum Gasteiger partial charge on any atom is 0.243 e. The molecule has 0 amide bonds. The number of sulfonamides is 1. The summed E-state index contributed by atoms with van der Waals surface area (Å²) in [6, 6.07) is 10.6. The molecule has 0 aromatic heterocycles. The lowest BCUT2D eigenvalue weighted by Gasteiger charge is -2.35. The Bertz CT molecular complexity index is 878. The van der Waals surface area contributed by atoms with E-state index in [9.17, 15) is 8.42 Å². The maximum atomic E-state index is 12.9. The van der Waals surface area contributed by atoms with Crippen molar-refractivity contribution in [1.82, 2.24) is 4.31 Å². The molecular weight excluding hydrogens is 403 g/mol. The Morgan fingerprint density at radius 2 is 1.44 bits per heavy atom. The molecule has 0 bridgehead atoms. The van der Waals surface area contributed by atoms with Gasteiger partial charge in [0.25, 0.3) is 0 Å². The number of piperazine rings is 1. The zero-order chi connectivity index (χ0) is 18.2. The monoisotopic (exact) mass is 418 g/mol. The van der Waals surface area contributed by atoms with Gasteiger partial charge in [-0.2, -0.15) is 4.31 Å². The summed E-state index contributed by atoms with van der Waals surface area (Å²) in [5.74, 6) is 0. The minimum atomic E-state index is -3.60. The molecule has 0 aliphatic carbocycles. The Hall–Kier alpha value is -0.980. The van der Waals surface area contributed by atoms with Crippen LogP contribution in [-0.4, -0.2) is 38.9 Å². The molecule has 3 rings (SSSR count). The molecule has 2 aromatic rings. The molecule has 0 N–H and O–H groups in total. The normalized spacial score (nSPS) is 16.2. The van der Waals surface area contributed by atoms with Crippen LogP contribution in [0.1, 0.15) is 5.56 Å². The van der Waals surface area contributed by atoms with E-state index in [1.165, 1.54) is 10.4 Å². The van der Waals surface area contributed by atoms with Crippen LogP contribution in [0.15, 0.2) is 41.3 Å².